The van der Waals surface area contributed by atoms with Crippen LogP contribution in [0.1, 0.15) is 18.8 Å². The predicted molar refractivity (Wildman–Crippen MR) is 76.8 cm³/mol. The average molecular weight is 307 g/mol. The highest BCUT2D eigenvalue weighted by molar-refractivity contribution is 8.00. The molecule has 0 bridgehead atoms. The van der Waals surface area contributed by atoms with E-state index < -0.39 is 4.92 Å². The van der Waals surface area contributed by atoms with Gasteiger partial charge >= 0.3 is 0 Å². The number of nitro benzene ring substituents is 1. The molecule has 2 aromatic rings. The second-order valence-corrected chi connectivity index (χ2v) is 5.25. The molecule has 110 valence electrons. The molecule has 1 amide bonds. The van der Waals surface area contributed by atoms with Gasteiger partial charge in [0, 0.05) is 17.0 Å². The number of rotatable bonds is 6. The van der Waals surface area contributed by atoms with Crippen LogP contribution in [0.3, 0.4) is 0 Å². The van der Waals surface area contributed by atoms with Crippen LogP contribution in [0.25, 0.3) is 0 Å². The van der Waals surface area contributed by atoms with Crippen molar-refractivity contribution in [2.24, 2.45) is 0 Å². The van der Waals surface area contributed by atoms with Crippen LogP contribution >= 0.6 is 11.8 Å². The summed E-state index contributed by atoms with van der Waals surface area (Å²) in [6.07, 6.45) is 1.38. The summed E-state index contributed by atoms with van der Waals surface area (Å²) >= 11 is 1.31. The number of carbonyl (C=O) groups is 1. The van der Waals surface area contributed by atoms with Crippen LogP contribution in [-0.2, 0) is 4.79 Å². The lowest BCUT2D eigenvalue weighted by atomic mass is 10.3. The van der Waals surface area contributed by atoms with Gasteiger partial charge in [0.2, 0.25) is 5.91 Å². The number of hydrogen-bond donors (Lipinski definition) is 2. The summed E-state index contributed by atoms with van der Waals surface area (Å²) in [6, 6.07) is 5.82. The van der Waals surface area contributed by atoms with E-state index in [1.54, 1.807) is 19.1 Å². The number of aromatic nitrogens is 3. The topological polar surface area (TPSA) is 114 Å². The van der Waals surface area contributed by atoms with Gasteiger partial charge in [0.05, 0.1) is 16.7 Å². The first-order chi connectivity index (χ1) is 10.1. The molecule has 2 N–H and O–H groups in total. The zero-order valence-electron chi connectivity index (χ0n) is 11.1. The predicted octanol–water partition coefficient (Wildman–Crippen LogP) is 1.68. The molecule has 0 aliphatic carbocycles. The lowest BCUT2D eigenvalue weighted by Gasteiger charge is -2.10. The van der Waals surface area contributed by atoms with Crippen molar-refractivity contribution in [3.05, 3.63) is 46.5 Å². The van der Waals surface area contributed by atoms with Crippen molar-refractivity contribution < 1.29 is 9.72 Å². The van der Waals surface area contributed by atoms with Gasteiger partial charge < -0.3 is 5.32 Å². The second-order valence-electron chi connectivity index (χ2n) is 4.20. The van der Waals surface area contributed by atoms with Crippen molar-refractivity contribution in [1.29, 1.82) is 0 Å². The normalized spacial score (nSPS) is 11.9. The monoisotopic (exact) mass is 307 g/mol. The van der Waals surface area contributed by atoms with Gasteiger partial charge in [-0.3, -0.25) is 20.0 Å². The lowest BCUT2D eigenvalue weighted by Crippen LogP contribution is -2.28. The molecule has 0 saturated carbocycles. The van der Waals surface area contributed by atoms with E-state index in [-0.39, 0.29) is 23.4 Å². The largest absolute Gasteiger partial charge is 0.346 e. The van der Waals surface area contributed by atoms with Gasteiger partial charge in [0.25, 0.3) is 5.69 Å². The van der Waals surface area contributed by atoms with Gasteiger partial charge in [-0.25, -0.2) is 4.98 Å². The van der Waals surface area contributed by atoms with Gasteiger partial charge in [-0.05, 0) is 19.1 Å². The lowest BCUT2D eigenvalue weighted by molar-refractivity contribution is -0.384. The molecule has 8 nitrogen and oxygen atoms in total. The van der Waals surface area contributed by atoms with Crippen LogP contribution in [0.15, 0.2) is 35.5 Å². The summed E-state index contributed by atoms with van der Waals surface area (Å²) in [5.74, 6) is 0.655. The smallest absolute Gasteiger partial charge is 0.269 e. The number of thioether (sulfide) groups is 1. The number of hydrogen-bond acceptors (Lipinski definition) is 6. The van der Waals surface area contributed by atoms with E-state index in [2.05, 4.69) is 20.5 Å². The van der Waals surface area contributed by atoms with E-state index in [9.17, 15) is 14.9 Å². The maximum absolute atomic E-state index is 11.8. The fraction of sp³-hybridized carbons (Fsp3) is 0.250. The van der Waals surface area contributed by atoms with Gasteiger partial charge in [0.1, 0.15) is 12.2 Å². The Kier molecular flexibility index (Phi) is 4.88. The number of nitro groups is 1. The van der Waals surface area contributed by atoms with E-state index in [0.29, 0.717) is 5.82 Å². The number of H-pyrrole nitrogens is 1. The first-order valence-electron chi connectivity index (χ1n) is 6.08. The van der Waals surface area contributed by atoms with Gasteiger partial charge in [-0.1, -0.05) is 0 Å². The molecule has 0 aliphatic heterocycles. The van der Waals surface area contributed by atoms with Crippen LogP contribution in [0.5, 0.6) is 0 Å². The van der Waals surface area contributed by atoms with Crippen molar-refractivity contribution in [2.75, 3.05) is 5.75 Å². The number of nitrogens with zero attached hydrogens (tertiary/aromatic N) is 3. The summed E-state index contributed by atoms with van der Waals surface area (Å²) in [5, 5.41) is 19.7. The molecule has 9 heteroatoms. The zero-order chi connectivity index (χ0) is 15.2. The third kappa shape index (κ3) is 4.28. The van der Waals surface area contributed by atoms with E-state index in [1.807, 2.05) is 0 Å². The minimum absolute atomic E-state index is 0.0303. The second kappa shape index (κ2) is 6.84. The quantitative estimate of drug-likeness (QED) is 0.477. The summed E-state index contributed by atoms with van der Waals surface area (Å²) in [6.45, 7) is 1.80. The Morgan fingerprint density at radius 1 is 1.48 bits per heavy atom. The van der Waals surface area contributed by atoms with Crippen LogP contribution in [0, 0.1) is 10.1 Å². The molecule has 1 atom stereocenters. The fourth-order valence-corrected chi connectivity index (χ4v) is 2.30. The van der Waals surface area contributed by atoms with E-state index >= 15 is 0 Å². The Morgan fingerprint density at radius 2 is 2.19 bits per heavy atom. The van der Waals surface area contributed by atoms with Crippen LogP contribution < -0.4 is 5.32 Å². The molecule has 0 spiro atoms. The first-order valence-corrected chi connectivity index (χ1v) is 7.06. The molecular weight excluding hydrogens is 294 g/mol. The summed E-state index contributed by atoms with van der Waals surface area (Å²) in [5.41, 5.74) is 0.0303. The highest BCUT2D eigenvalue weighted by Gasteiger charge is 2.12. The number of non-ortho nitro benzene ring substituents is 1. The number of benzene rings is 1. The number of amides is 1. The van der Waals surface area contributed by atoms with Crippen molar-refractivity contribution in [3.63, 3.8) is 0 Å². The molecule has 1 aromatic carbocycles. The standard InChI is InChI=1S/C12H13N5O3S/c1-8(12-13-7-14-16-12)15-11(18)6-21-10-4-2-9(3-5-10)17(19)20/h2-5,7-8H,6H2,1H3,(H,15,18)(H,13,14,16). The highest BCUT2D eigenvalue weighted by atomic mass is 32.2. The first kappa shape index (κ1) is 15.0. The van der Waals surface area contributed by atoms with Crippen molar-refractivity contribution in [1.82, 2.24) is 20.5 Å². The number of carbonyl (C=O) groups excluding carboxylic acids is 1. The maximum Gasteiger partial charge on any atom is 0.269 e. The molecule has 21 heavy (non-hydrogen) atoms. The van der Waals surface area contributed by atoms with E-state index in [0.717, 1.165) is 4.90 Å². The molecule has 0 aliphatic rings. The molecule has 0 radical (unpaired) electrons. The average Bonchev–Trinajstić information content (AvgIpc) is 3.00. The Morgan fingerprint density at radius 3 is 2.76 bits per heavy atom. The zero-order valence-corrected chi connectivity index (χ0v) is 12.0. The summed E-state index contributed by atoms with van der Waals surface area (Å²) < 4.78 is 0. The number of aromatic amines is 1. The highest BCUT2D eigenvalue weighted by Crippen LogP contribution is 2.21. The third-order valence-corrected chi connectivity index (χ3v) is 3.65. The van der Waals surface area contributed by atoms with Gasteiger partial charge in [0.15, 0.2) is 0 Å². The third-order valence-electron chi connectivity index (χ3n) is 2.64. The van der Waals surface area contributed by atoms with Crippen molar-refractivity contribution in [2.45, 2.75) is 17.9 Å². The maximum atomic E-state index is 11.8. The SMILES string of the molecule is CC(NC(=O)CSc1ccc([N+](=O)[O-])cc1)c1ncn[nH]1. The fourth-order valence-electron chi connectivity index (χ4n) is 1.59. The molecule has 0 fully saturated rings. The Hall–Kier alpha value is -2.42. The molecule has 1 aromatic heterocycles. The summed E-state index contributed by atoms with van der Waals surface area (Å²) in [4.78, 5) is 26.6. The van der Waals surface area contributed by atoms with Crippen LogP contribution in [0.2, 0.25) is 0 Å². The van der Waals surface area contributed by atoms with E-state index in [4.69, 9.17) is 0 Å². The Bertz CT molecular complexity index is 614. The summed E-state index contributed by atoms with van der Waals surface area (Å²) in [7, 11) is 0. The molecule has 0 saturated heterocycles. The minimum Gasteiger partial charge on any atom is -0.346 e. The van der Waals surface area contributed by atoms with Crippen molar-refractivity contribution in [3.8, 4) is 0 Å². The Balaban J connectivity index is 1.82. The van der Waals surface area contributed by atoms with Gasteiger partial charge in [-0.15, -0.1) is 11.8 Å². The molecule has 1 unspecified atom stereocenters. The van der Waals surface area contributed by atoms with Crippen LogP contribution in [-0.4, -0.2) is 31.8 Å². The molecular formula is C12H13N5O3S. The Labute approximate surface area is 124 Å². The minimum atomic E-state index is -0.458. The van der Waals surface area contributed by atoms with Crippen molar-refractivity contribution >= 4 is 23.4 Å². The van der Waals surface area contributed by atoms with Gasteiger partial charge in [-0.2, -0.15) is 5.10 Å². The molecule has 1 heterocycles. The van der Waals surface area contributed by atoms with Crippen LogP contribution in [0.4, 0.5) is 5.69 Å². The van der Waals surface area contributed by atoms with E-state index in [1.165, 1.54) is 30.2 Å². The molecule has 2 rings (SSSR count). The number of nitrogens with one attached hydrogen (secondary N) is 2.